The molecule has 0 atom stereocenters. The first kappa shape index (κ1) is 14.8. The molecule has 0 aromatic heterocycles. The highest BCUT2D eigenvalue weighted by Gasteiger charge is 2.25. The van der Waals surface area contributed by atoms with Crippen molar-refractivity contribution in [2.75, 3.05) is 43.6 Å². The van der Waals surface area contributed by atoms with Crippen molar-refractivity contribution in [3.8, 4) is 0 Å². The standard InChI is InChI=1S/C15H23N3O2/c1-15(2,16-3)14(19)17-12-4-6-13(7-5-12)18-8-10-20-11-9-18/h4-7,16H,8-11H2,1-3H3,(H,17,19). The second-order valence-electron chi connectivity index (χ2n) is 5.48. The van der Waals surface area contributed by atoms with Gasteiger partial charge in [-0.05, 0) is 45.2 Å². The van der Waals surface area contributed by atoms with Gasteiger partial charge in [0.05, 0.1) is 18.8 Å². The van der Waals surface area contributed by atoms with Crippen LogP contribution >= 0.6 is 0 Å². The van der Waals surface area contributed by atoms with Gasteiger partial charge in [-0.3, -0.25) is 4.79 Å². The van der Waals surface area contributed by atoms with Gasteiger partial charge < -0.3 is 20.3 Å². The number of carbonyl (C=O) groups is 1. The lowest BCUT2D eigenvalue weighted by molar-refractivity contribution is -0.121. The third kappa shape index (κ3) is 3.49. The molecule has 0 spiro atoms. The predicted molar refractivity (Wildman–Crippen MR) is 81.2 cm³/mol. The summed E-state index contributed by atoms with van der Waals surface area (Å²) in [4.78, 5) is 14.3. The largest absolute Gasteiger partial charge is 0.378 e. The summed E-state index contributed by atoms with van der Waals surface area (Å²) < 4.78 is 5.34. The fourth-order valence-electron chi connectivity index (χ4n) is 1.98. The number of nitrogens with zero attached hydrogens (tertiary/aromatic N) is 1. The summed E-state index contributed by atoms with van der Waals surface area (Å²) in [7, 11) is 1.78. The van der Waals surface area contributed by atoms with Crippen LogP contribution in [0, 0.1) is 0 Å². The molecular weight excluding hydrogens is 254 g/mol. The van der Waals surface area contributed by atoms with Gasteiger partial charge in [0, 0.05) is 24.5 Å². The number of benzene rings is 1. The van der Waals surface area contributed by atoms with E-state index in [4.69, 9.17) is 4.74 Å². The molecular formula is C15H23N3O2. The van der Waals surface area contributed by atoms with Crippen LogP contribution in [-0.4, -0.2) is 44.8 Å². The van der Waals surface area contributed by atoms with Crippen LogP contribution in [0.2, 0.25) is 0 Å². The Balaban J connectivity index is 1.99. The number of carbonyl (C=O) groups excluding carboxylic acids is 1. The lowest BCUT2D eigenvalue weighted by atomic mass is 10.1. The molecule has 2 rings (SSSR count). The molecule has 0 radical (unpaired) electrons. The van der Waals surface area contributed by atoms with Crippen molar-refractivity contribution in [1.29, 1.82) is 0 Å². The van der Waals surface area contributed by atoms with Gasteiger partial charge in [-0.1, -0.05) is 0 Å². The van der Waals surface area contributed by atoms with E-state index in [2.05, 4.69) is 15.5 Å². The number of hydrogen-bond acceptors (Lipinski definition) is 4. The van der Waals surface area contributed by atoms with Crippen molar-refractivity contribution in [1.82, 2.24) is 5.32 Å². The van der Waals surface area contributed by atoms with Crippen LogP contribution in [0.5, 0.6) is 0 Å². The van der Waals surface area contributed by atoms with Crippen molar-refractivity contribution in [3.63, 3.8) is 0 Å². The van der Waals surface area contributed by atoms with Crippen LogP contribution in [0.3, 0.4) is 0 Å². The maximum Gasteiger partial charge on any atom is 0.244 e. The molecule has 5 nitrogen and oxygen atoms in total. The molecule has 20 heavy (non-hydrogen) atoms. The summed E-state index contributed by atoms with van der Waals surface area (Å²) in [6.45, 7) is 7.08. The van der Waals surface area contributed by atoms with Crippen LogP contribution in [0.4, 0.5) is 11.4 Å². The summed E-state index contributed by atoms with van der Waals surface area (Å²) in [6, 6.07) is 7.95. The molecule has 1 heterocycles. The van der Waals surface area contributed by atoms with Gasteiger partial charge in [0.2, 0.25) is 5.91 Å². The number of anilines is 2. The first-order valence-electron chi connectivity index (χ1n) is 6.96. The van der Waals surface area contributed by atoms with Gasteiger partial charge in [0.15, 0.2) is 0 Å². The van der Waals surface area contributed by atoms with E-state index in [-0.39, 0.29) is 5.91 Å². The Kier molecular flexibility index (Phi) is 4.62. The molecule has 1 aromatic carbocycles. The zero-order chi connectivity index (χ0) is 14.6. The molecule has 5 heteroatoms. The first-order chi connectivity index (χ1) is 9.53. The number of hydrogen-bond donors (Lipinski definition) is 2. The first-order valence-corrected chi connectivity index (χ1v) is 6.96. The fourth-order valence-corrected chi connectivity index (χ4v) is 1.98. The second kappa shape index (κ2) is 6.24. The van der Waals surface area contributed by atoms with Crippen molar-refractivity contribution in [3.05, 3.63) is 24.3 Å². The highest BCUT2D eigenvalue weighted by atomic mass is 16.5. The van der Waals surface area contributed by atoms with Gasteiger partial charge in [0.25, 0.3) is 0 Å². The number of rotatable bonds is 4. The van der Waals surface area contributed by atoms with Crippen molar-refractivity contribution in [2.24, 2.45) is 0 Å². The van der Waals surface area contributed by atoms with E-state index >= 15 is 0 Å². The molecule has 1 aliphatic heterocycles. The van der Waals surface area contributed by atoms with E-state index in [0.717, 1.165) is 32.0 Å². The smallest absolute Gasteiger partial charge is 0.244 e. The van der Waals surface area contributed by atoms with E-state index < -0.39 is 5.54 Å². The Morgan fingerprint density at radius 3 is 2.35 bits per heavy atom. The molecule has 1 amide bonds. The van der Waals surface area contributed by atoms with Crippen LogP contribution in [0.25, 0.3) is 0 Å². The molecule has 1 fully saturated rings. The summed E-state index contributed by atoms with van der Waals surface area (Å²) in [6.07, 6.45) is 0. The van der Waals surface area contributed by atoms with E-state index in [1.807, 2.05) is 38.1 Å². The Labute approximate surface area is 120 Å². The molecule has 0 bridgehead atoms. The Bertz CT molecular complexity index is 451. The third-order valence-corrected chi connectivity index (χ3v) is 3.69. The minimum Gasteiger partial charge on any atom is -0.378 e. The average molecular weight is 277 g/mol. The lowest BCUT2D eigenvalue weighted by Crippen LogP contribution is -2.47. The molecule has 1 aliphatic rings. The molecule has 0 unspecified atom stereocenters. The topological polar surface area (TPSA) is 53.6 Å². The quantitative estimate of drug-likeness (QED) is 0.875. The van der Waals surface area contributed by atoms with Gasteiger partial charge in [-0.25, -0.2) is 0 Å². The van der Waals surface area contributed by atoms with E-state index in [1.165, 1.54) is 5.69 Å². The normalized spacial score (nSPS) is 16.1. The average Bonchev–Trinajstić information content (AvgIpc) is 2.49. The minimum atomic E-state index is -0.580. The van der Waals surface area contributed by atoms with Gasteiger partial charge in [0.1, 0.15) is 0 Å². The summed E-state index contributed by atoms with van der Waals surface area (Å²) in [5, 5.41) is 5.91. The fraction of sp³-hybridized carbons (Fsp3) is 0.533. The van der Waals surface area contributed by atoms with Crippen LogP contribution in [-0.2, 0) is 9.53 Å². The number of nitrogens with one attached hydrogen (secondary N) is 2. The number of amides is 1. The highest BCUT2D eigenvalue weighted by Crippen LogP contribution is 2.19. The zero-order valence-electron chi connectivity index (χ0n) is 12.4. The summed E-state index contributed by atoms with van der Waals surface area (Å²) >= 11 is 0. The molecule has 0 aliphatic carbocycles. The third-order valence-electron chi connectivity index (χ3n) is 3.69. The lowest BCUT2D eigenvalue weighted by Gasteiger charge is -2.29. The Morgan fingerprint density at radius 2 is 1.80 bits per heavy atom. The van der Waals surface area contributed by atoms with Gasteiger partial charge in [-0.2, -0.15) is 0 Å². The number of likely N-dealkylation sites (N-methyl/N-ethyl adjacent to an activating group) is 1. The Hall–Kier alpha value is -1.59. The van der Waals surface area contributed by atoms with Crippen LogP contribution in [0.1, 0.15) is 13.8 Å². The van der Waals surface area contributed by atoms with E-state index in [1.54, 1.807) is 7.05 Å². The summed E-state index contributed by atoms with van der Waals surface area (Å²) in [5.41, 5.74) is 1.40. The van der Waals surface area contributed by atoms with Gasteiger partial charge in [-0.15, -0.1) is 0 Å². The molecule has 0 saturated carbocycles. The number of morpholine rings is 1. The molecule has 110 valence electrons. The minimum absolute atomic E-state index is 0.0425. The van der Waals surface area contributed by atoms with E-state index in [9.17, 15) is 4.79 Å². The molecule has 1 aromatic rings. The molecule has 2 N–H and O–H groups in total. The molecule has 1 saturated heterocycles. The van der Waals surface area contributed by atoms with Crippen LogP contribution < -0.4 is 15.5 Å². The number of ether oxygens (including phenoxy) is 1. The Morgan fingerprint density at radius 1 is 1.20 bits per heavy atom. The van der Waals surface area contributed by atoms with Crippen molar-refractivity contribution in [2.45, 2.75) is 19.4 Å². The van der Waals surface area contributed by atoms with Crippen molar-refractivity contribution >= 4 is 17.3 Å². The second-order valence-corrected chi connectivity index (χ2v) is 5.48. The maximum atomic E-state index is 12.1. The zero-order valence-corrected chi connectivity index (χ0v) is 12.4. The van der Waals surface area contributed by atoms with Crippen LogP contribution in [0.15, 0.2) is 24.3 Å². The SMILES string of the molecule is CNC(C)(C)C(=O)Nc1ccc(N2CCOCC2)cc1. The predicted octanol–water partition coefficient (Wildman–Crippen LogP) is 1.46. The summed E-state index contributed by atoms with van der Waals surface area (Å²) in [5.74, 6) is -0.0425. The van der Waals surface area contributed by atoms with Gasteiger partial charge >= 0.3 is 0 Å². The van der Waals surface area contributed by atoms with E-state index in [0.29, 0.717) is 0 Å². The monoisotopic (exact) mass is 277 g/mol. The maximum absolute atomic E-state index is 12.1. The highest BCUT2D eigenvalue weighted by molar-refractivity contribution is 5.97. The van der Waals surface area contributed by atoms with Crippen molar-refractivity contribution < 1.29 is 9.53 Å².